The van der Waals surface area contributed by atoms with Crippen molar-refractivity contribution in [2.24, 2.45) is 0 Å². The minimum absolute atomic E-state index is 0.0411. The minimum atomic E-state index is -3.48. The first kappa shape index (κ1) is 23.7. The van der Waals surface area contributed by atoms with Gasteiger partial charge in [-0.2, -0.15) is 0 Å². The molecule has 8 heteroatoms. The summed E-state index contributed by atoms with van der Waals surface area (Å²) < 4.78 is 27.0. The molecule has 2 N–H and O–H groups in total. The molecule has 2 amide bonds. The van der Waals surface area contributed by atoms with Crippen molar-refractivity contribution < 1.29 is 18.0 Å². The maximum absolute atomic E-state index is 12.3. The van der Waals surface area contributed by atoms with Gasteiger partial charge in [-0.25, -0.2) is 13.1 Å². The van der Waals surface area contributed by atoms with Crippen LogP contribution in [0.3, 0.4) is 0 Å². The first-order chi connectivity index (χ1) is 15.2. The number of nitrogens with zero attached hydrogens (tertiary/aromatic N) is 1. The SMILES string of the molecule is CC(C)N(C)C(=O)c1ccc(CNC(=O)/C=C/c2ccc(S(=O)(=O)NC3CC3)cc2)cc1. The third-order valence-corrected chi connectivity index (χ3v) is 6.82. The largest absolute Gasteiger partial charge is 0.348 e. The molecule has 0 bridgehead atoms. The van der Waals surface area contributed by atoms with Gasteiger partial charge in [-0.1, -0.05) is 24.3 Å². The minimum Gasteiger partial charge on any atom is -0.348 e. The standard InChI is InChI=1S/C24H29N3O4S/c1-17(2)27(3)24(29)20-9-4-19(5-10-20)16-25-23(28)15-8-18-6-13-22(14-7-18)32(30,31)26-21-11-12-21/h4-10,13-15,17,21,26H,11-12,16H2,1-3H3,(H,25,28)/b15-8+. The molecule has 0 spiro atoms. The van der Waals surface area contributed by atoms with Crippen molar-refractivity contribution in [2.45, 2.75) is 50.2 Å². The summed E-state index contributed by atoms with van der Waals surface area (Å²) in [7, 11) is -1.71. The van der Waals surface area contributed by atoms with Gasteiger partial charge in [0.1, 0.15) is 0 Å². The lowest BCUT2D eigenvalue weighted by Gasteiger charge is -2.21. The maximum atomic E-state index is 12.3. The van der Waals surface area contributed by atoms with Crippen molar-refractivity contribution in [3.8, 4) is 0 Å². The second-order valence-corrected chi connectivity index (χ2v) is 9.94. The van der Waals surface area contributed by atoms with E-state index in [0.717, 1.165) is 24.0 Å². The zero-order valence-corrected chi connectivity index (χ0v) is 19.4. The van der Waals surface area contributed by atoms with Crippen LogP contribution in [0.25, 0.3) is 6.08 Å². The van der Waals surface area contributed by atoms with Crippen molar-refractivity contribution in [1.29, 1.82) is 0 Å². The van der Waals surface area contributed by atoms with E-state index in [1.54, 1.807) is 42.3 Å². The highest BCUT2D eigenvalue weighted by molar-refractivity contribution is 7.89. The Kier molecular flexibility index (Phi) is 7.48. The Hall–Kier alpha value is -2.97. The molecule has 2 aromatic rings. The molecule has 0 saturated heterocycles. The molecule has 0 atom stereocenters. The number of amides is 2. The van der Waals surface area contributed by atoms with Crippen molar-refractivity contribution in [2.75, 3.05) is 7.05 Å². The predicted molar refractivity (Wildman–Crippen MR) is 124 cm³/mol. The summed E-state index contributed by atoms with van der Waals surface area (Å²) in [5.41, 5.74) is 2.21. The van der Waals surface area contributed by atoms with Crippen LogP contribution in [0.4, 0.5) is 0 Å². The van der Waals surface area contributed by atoms with Crippen LogP contribution in [0, 0.1) is 0 Å². The molecule has 3 rings (SSSR count). The van der Waals surface area contributed by atoms with Crippen molar-refractivity contribution >= 4 is 27.9 Å². The maximum Gasteiger partial charge on any atom is 0.253 e. The third kappa shape index (κ3) is 6.51. The number of hydrogen-bond donors (Lipinski definition) is 2. The van der Waals surface area contributed by atoms with Gasteiger partial charge < -0.3 is 10.2 Å². The van der Waals surface area contributed by atoms with Crippen LogP contribution < -0.4 is 10.0 Å². The van der Waals surface area contributed by atoms with Gasteiger partial charge in [0.05, 0.1) is 4.90 Å². The summed E-state index contributed by atoms with van der Waals surface area (Å²) in [5.74, 6) is -0.308. The molecule has 32 heavy (non-hydrogen) atoms. The topological polar surface area (TPSA) is 95.6 Å². The fraction of sp³-hybridized carbons (Fsp3) is 0.333. The molecule has 0 aliphatic heterocycles. The molecule has 2 aromatic carbocycles. The highest BCUT2D eigenvalue weighted by Crippen LogP contribution is 2.22. The molecular weight excluding hydrogens is 426 g/mol. The van der Waals surface area contributed by atoms with Crippen LogP contribution >= 0.6 is 0 Å². The number of carbonyl (C=O) groups is 2. The van der Waals surface area contributed by atoms with Gasteiger partial charge in [0.15, 0.2) is 0 Å². The van der Waals surface area contributed by atoms with Crippen LogP contribution in [-0.4, -0.2) is 44.3 Å². The lowest BCUT2D eigenvalue weighted by atomic mass is 10.1. The Labute approximate surface area is 189 Å². The van der Waals surface area contributed by atoms with E-state index in [0.29, 0.717) is 12.1 Å². The lowest BCUT2D eigenvalue weighted by molar-refractivity contribution is -0.116. The number of sulfonamides is 1. The van der Waals surface area contributed by atoms with E-state index in [1.165, 1.54) is 18.2 Å². The average molecular weight is 456 g/mol. The van der Waals surface area contributed by atoms with Gasteiger partial charge in [-0.15, -0.1) is 0 Å². The van der Waals surface area contributed by atoms with Crippen LogP contribution in [0.2, 0.25) is 0 Å². The molecule has 0 heterocycles. The van der Waals surface area contributed by atoms with Crippen LogP contribution in [-0.2, 0) is 21.4 Å². The predicted octanol–water partition coefficient (Wildman–Crippen LogP) is 2.94. The third-order valence-electron chi connectivity index (χ3n) is 5.28. The highest BCUT2D eigenvalue weighted by atomic mass is 32.2. The van der Waals surface area contributed by atoms with Crippen LogP contribution in [0.1, 0.15) is 48.2 Å². The van der Waals surface area contributed by atoms with Gasteiger partial charge in [0.2, 0.25) is 15.9 Å². The second kappa shape index (κ2) is 10.1. The first-order valence-corrected chi connectivity index (χ1v) is 12.1. The normalized spacial score (nSPS) is 14.0. The molecule has 0 aromatic heterocycles. The summed E-state index contributed by atoms with van der Waals surface area (Å²) >= 11 is 0. The number of carbonyl (C=O) groups excluding carboxylic acids is 2. The van der Waals surface area contributed by atoms with Gasteiger partial charge >= 0.3 is 0 Å². The van der Waals surface area contributed by atoms with E-state index in [2.05, 4.69) is 10.0 Å². The summed E-state index contributed by atoms with van der Waals surface area (Å²) in [5, 5.41) is 2.80. The molecule has 1 aliphatic carbocycles. The number of rotatable bonds is 9. The molecule has 0 radical (unpaired) electrons. The second-order valence-electron chi connectivity index (χ2n) is 8.22. The molecular formula is C24H29N3O4S. The van der Waals surface area contributed by atoms with Crippen LogP contribution in [0.5, 0.6) is 0 Å². The molecule has 1 saturated carbocycles. The van der Waals surface area contributed by atoms with Crippen molar-refractivity contribution in [3.63, 3.8) is 0 Å². The Morgan fingerprint density at radius 3 is 2.25 bits per heavy atom. The van der Waals surface area contributed by atoms with E-state index in [4.69, 9.17) is 0 Å². The number of benzene rings is 2. The molecule has 1 fully saturated rings. The summed E-state index contributed by atoms with van der Waals surface area (Å²) in [6.07, 6.45) is 4.80. The van der Waals surface area contributed by atoms with E-state index in [9.17, 15) is 18.0 Å². The fourth-order valence-corrected chi connectivity index (χ4v) is 4.18. The first-order valence-electron chi connectivity index (χ1n) is 10.6. The quantitative estimate of drug-likeness (QED) is 0.569. The summed E-state index contributed by atoms with van der Waals surface area (Å²) in [6, 6.07) is 13.7. The Balaban J connectivity index is 1.50. The molecule has 0 unspecified atom stereocenters. The summed E-state index contributed by atoms with van der Waals surface area (Å²) in [4.78, 5) is 26.3. The monoisotopic (exact) mass is 455 g/mol. The molecule has 1 aliphatic rings. The summed E-state index contributed by atoms with van der Waals surface area (Å²) in [6.45, 7) is 4.25. The van der Waals surface area contributed by atoms with Gasteiger partial charge in [-0.05, 0) is 68.2 Å². The Morgan fingerprint density at radius 2 is 1.69 bits per heavy atom. The van der Waals surface area contributed by atoms with E-state index < -0.39 is 10.0 Å². The van der Waals surface area contributed by atoms with Crippen molar-refractivity contribution in [1.82, 2.24) is 14.9 Å². The molecule has 7 nitrogen and oxygen atoms in total. The highest BCUT2D eigenvalue weighted by Gasteiger charge is 2.27. The zero-order valence-electron chi connectivity index (χ0n) is 18.5. The Bertz CT molecular complexity index is 1090. The fourth-order valence-electron chi connectivity index (χ4n) is 2.87. The van der Waals surface area contributed by atoms with Gasteiger partial charge in [-0.3, -0.25) is 9.59 Å². The van der Waals surface area contributed by atoms with Crippen LogP contribution in [0.15, 0.2) is 59.5 Å². The molecule has 170 valence electrons. The van der Waals surface area contributed by atoms with E-state index >= 15 is 0 Å². The van der Waals surface area contributed by atoms with E-state index in [-0.39, 0.29) is 28.8 Å². The average Bonchev–Trinajstić information content (AvgIpc) is 3.59. The van der Waals surface area contributed by atoms with Gasteiger partial charge in [0.25, 0.3) is 5.91 Å². The number of hydrogen-bond acceptors (Lipinski definition) is 4. The smallest absolute Gasteiger partial charge is 0.253 e. The van der Waals surface area contributed by atoms with Gasteiger partial charge in [0, 0.05) is 37.3 Å². The van der Waals surface area contributed by atoms with E-state index in [1.807, 2.05) is 26.0 Å². The van der Waals surface area contributed by atoms with Crippen molar-refractivity contribution in [3.05, 3.63) is 71.3 Å². The number of nitrogens with one attached hydrogen (secondary N) is 2. The lowest BCUT2D eigenvalue weighted by Crippen LogP contribution is -2.32. The Morgan fingerprint density at radius 1 is 1.06 bits per heavy atom. The zero-order chi connectivity index (χ0) is 23.3.